The molecule has 0 saturated carbocycles. The minimum absolute atomic E-state index is 0.201. The van der Waals surface area contributed by atoms with Crippen LogP contribution in [0.3, 0.4) is 0 Å². The van der Waals surface area contributed by atoms with E-state index in [-0.39, 0.29) is 12.4 Å². The van der Waals surface area contributed by atoms with Gasteiger partial charge >= 0.3 is 0 Å². The van der Waals surface area contributed by atoms with Gasteiger partial charge in [-0.1, -0.05) is 17.3 Å². The summed E-state index contributed by atoms with van der Waals surface area (Å²) >= 11 is 0. The zero-order valence-electron chi connectivity index (χ0n) is 13.0. The van der Waals surface area contributed by atoms with Crippen molar-refractivity contribution in [2.45, 2.75) is 13.0 Å². The third-order valence-corrected chi connectivity index (χ3v) is 4.00. The van der Waals surface area contributed by atoms with E-state index in [9.17, 15) is 4.39 Å². The first-order chi connectivity index (χ1) is 11.2. The number of aliphatic hydroxyl groups is 1. The number of hydrogen-bond donors (Lipinski definition) is 1. The monoisotopic (exact) mass is 320 g/mol. The molecular formula is C16H21FN4O2. The van der Waals surface area contributed by atoms with Crippen molar-refractivity contribution in [3.63, 3.8) is 0 Å². The maximum Gasteiger partial charge on any atom is 0.240 e. The second kappa shape index (κ2) is 7.63. The Morgan fingerprint density at radius 2 is 1.96 bits per heavy atom. The molecule has 1 aliphatic rings. The van der Waals surface area contributed by atoms with Crippen molar-refractivity contribution in [2.24, 2.45) is 0 Å². The Balaban J connectivity index is 1.52. The van der Waals surface area contributed by atoms with E-state index in [0.29, 0.717) is 24.7 Å². The minimum Gasteiger partial charge on any atom is -0.395 e. The molecule has 1 aliphatic heterocycles. The lowest BCUT2D eigenvalue weighted by Gasteiger charge is -2.33. The largest absolute Gasteiger partial charge is 0.395 e. The van der Waals surface area contributed by atoms with Crippen LogP contribution in [0, 0.1) is 5.82 Å². The number of piperazine rings is 1. The first kappa shape index (κ1) is 16.0. The van der Waals surface area contributed by atoms with Crippen molar-refractivity contribution < 1.29 is 14.0 Å². The van der Waals surface area contributed by atoms with Gasteiger partial charge in [-0.05, 0) is 17.7 Å². The first-order valence-corrected chi connectivity index (χ1v) is 7.84. The van der Waals surface area contributed by atoms with Gasteiger partial charge in [0.2, 0.25) is 5.89 Å². The molecule has 2 aromatic rings. The maximum absolute atomic E-state index is 13.2. The molecule has 1 aromatic heterocycles. The van der Waals surface area contributed by atoms with Gasteiger partial charge in [-0.3, -0.25) is 9.80 Å². The zero-order chi connectivity index (χ0) is 16.1. The Labute approximate surface area is 134 Å². The Morgan fingerprint density at radius 1 is 1.17 bits per heavy atom. The average Bonchev–Trinajstić information content (AvgIpc) is 2.97. The highest BCUT2D eigenvalue weighted by Gasteiger charge is 2.18. The van der Waals surface area contributed by atoms with E-state index < -0.39 is 0 Å². The highest BCUT2D eigenvalue weighted by molar-refractivity contribution is 5.19. The van der Waals surface area contributed by atoms with Crippen LogP contribution in [0.2, 0.25) is 0 Å². The number of aromatic nitrogens is 2. The van der Waals surface area contributed by atoms with Crippen LogP contribution in [0.25, 0.3) is 0 Å². The van der Waals surface area contributed by atoms with Gasteiger partial charge in [-0.2, -0.15) is 4.98 Å². The SMILES string of the molecule is OCCN1CCN(Cc2nc(Cc3cccc(F)c3)no2)CC1. The third-order valence-electron chi connectivity index (χ3n) is 4.00. The molecule has 0 radical (unpaired) electrons. The van der Waals surface area contributed by atoms with Crippen LogP contribution >= 0.6 is 0 Å². The van der Waals surface area contributed by atoms with Gasteiger partial charge in [0.25, 0.3) is 0 Å². The number of benzene rings is 1. The number of rotatable bonds is 6. The van der Waals surface area contributed by atoms with Crippen LogP contribution in [0.4, 0.5) is 4.39 Å². The van der Waals surface area contributed by atoms with Crippen molar-refractivity contribution in [3.8, 4) is 0 Å². The molecule has 23 heavy (non-hydrogen) atoms. The van der Waals surface area contributed by atoms with Crippen LogP contribution in [0.1, 0.15) is 17.3 Å². The fourth-order valence-corrected chi connectivity index (χ4v) is 2.76. The van der Waals surface area contributed by atoms with Crippen molar-refractivity contribution >= 4 is 0 Å². The number of halogens is 1. The van der Waals surface area contributed by atoms with Gasteiger partial charge in [-0.25, -0.2) is 4.39 Å². The van der Waals surface area contributed by atoms with Crippen LogP contribution in [0.15, 0.2) is 28.8 Å². The van der Waals surface area contributed by atoms with Gasteiger partial charge in [-0.15, -0.1) is 0 Å². The molecule has 1 N–H and O–H groups in total. The number of β-amino-alcohol motifs (C(OH)–C–C–N with tert-alkyl or cyclic N) is 1. The predicted octanol–water partition coefficient (Wildman–Crippen LogP) is 0.909. The maximum atomic E-state index is 13.2. The molecule has 0 unspecified atom stereocenters. The summed E-state index contributed by atoms with van der Waals surface area (Å²) in [5.41, 5.74) is 0.829. The molecule has 0 atom stereocenters. The van der Waals surface area contributed by atoms with E-state index in [0.717, 1.165) is 38.3 Å². The van der Waals surface area contributed by atoms with E-state index in [1.54, 1.807) is 6.07 Å². The molecule has 1 fully saturated rings. The van der Waals surface area contributed by atoms with Gasteiger partial charge in [0.05, 0.1) is 13.2 Å². The summed E-state index contributed by atoms with van der Waals surface area (Å²) < 4.78 is 18.5. The second-order valence-electron chi connectivity index (χ2n) is 5.75. The normalized spacial score (nSPS) is 16.8. The van der Waals surface area contributed by atoms with E-state index in [4.69, 9.17) is 9.63 Å². The molecule has 124 valence electrons. The number of hydrogen-bond acceptors (Lipinski definition) is 6. The lowest BCUT2D eigenvalue weighted by molar-refractivity contribution is 0.101. The van der Waals surface area contributed by atoms with E-state index in [2.05, 4.69) is 19.9 Å². The lowest BCUT2D eigenvalue weighted by atomic mass is 10.1. The molecule has 0 aliphatic carbocycles. The smallest absolute Gasteiger partial charge is 0.240 e. The molecular weight excluding hydrogens is 299 g/mol. The van der Waals surface area contributed by atoms with Crippen molar-refractivity contribution in [3.05, 3.63) is 47.4 Å². The third kappa shape index (κ3) is 4.57. The second-order valence-corrected chi connectivity index (χ2v) is 5.75. The van der Waals surface area contributed by atoms with Crippen LogP contribution in [-0.2, 0) is 13.0 Å². The first-order valence-electron chi connectivity index (χ1n) is 7.84. The molecule has 7 heteroatoms. The molecule has 0 spiro atoms. The van der Waals surface area contributed by atoms with Gasteiger partial charge in [0, 0.05) is 39.1 Å². The summed E-state index contributed by atoms with van der Waals surface area (Å²) in [7, 11) is 0. The Kier molecular flexibility index (Phi) is 5.32. The highest BCUT2D eigenvalue weighted by atomic mass is 19.1. The quantitative estimate of drug-likeness (QED) is 0.853. The van der Waals surface area contributed by atoms with Crippen molar-refractivity contribution in [1.29, 1.82) is 0 Å². The number of aliphatic hydroxyl groups excluding tert-OH is 1. The summed E-state index contributed by atoms with van der Waals surface area (Å²) in [6, 6.07) is 6.43. The average molecular weight is 320 g/mol. The molecule has 0 amide bonds. The summed E-state index contributed by atoms with van der Waals surface area (Å²) in [4.78, 5) is 8.88. The van der Waals surface area contributed by atoms with E-state index in [1.807, 2.05) is 6.07 Å². The lowest BCUT2D eigenvalue weighted by Crippen LogP contribution is -2.46. The Hall–Kier alpha value is -1.83. The summed E-state index contributed by atoms with van der Waals surface area (Å²) in [6.45, 7) is 5.27. The standard InChI is InChI=1S/C16H21FN4O2/c17-14-3-1-2-13(10-14)11-15-18-16(23-19-15)12-21-6-4-20(5-7-21)8-9-22/h1-3,10,22H,4-9,11-12H2. The molecule has 1 aromatic carbocycles. The molecule has 6 nitrogen and oxygen atoms in total. The van der Waals surface area contributed by atoms with Gasteiger partial charge in [0.15, 0.2) is 5.82 Å². The number of nitrogens with zero attached hydrogens (tertiary/aromatic N) is 4. The molecule has 1 saturated heterocycles. The molecule has 0 bridgehead atoms. The van der Waals surface area contributed by atoms with Crippen LogP contribution in [0.5, 0.6) is 0 Å². The van der Waals surface area contributed by atoms with E-state index in [1.165, 1.54) is 12.1 Å². The van der Waals surface area contributed by atoms with Crippen molar-refractivity contribution in [1.82, 2.24) is 19.9 Å². The summed E-state index contributed by atoms with van der Waals surface area (Å²) in [5, 5.41) is 12.9. The van der Waals surface area contributed by atoms with Crippen LogP contribution < -0.4 is 0 Å². The Bertz CT molecular complexity index is 626. The van der Waals surface area contributed by atoms with Crippen molar-refractivity contribution in [2.75, 3.05) is 39.3 Å². The fraction of sp³-hybridized carbons (Fsp3) is 0.500. The summed E-state index contributed by atoms with van der Waals surface area (Å²) in [5.74, 6) is 0.906. The molecule has 3 rings (SSSR count). The minimum atomic E-state index is -0.257. The fourth-order valence-electron chi connectivity index (χ4n) is 2.76. The van der Waals surface area contributed by atoms with Crippen LogP contribution in [-0.4, -0.2) is 64.4 Å². The topological polar surface area (TPSA) is 65.6 Å². The Morgan fingerprint density at radius 3 is 2.70 bits per heavy atom. The highest BCUT2D eigenvalue weighted by Crippen LogP contribution is 2.11. The predicted molar refractivity (Wildman–Crippen MR) is 82.3 cm³/mol. The van der Waals surface area contributed by atoms with E-state index >= 15 is 0 Å². The van der Waals surface area contributed by atoms with Gasteiger partial charge < -0.3 is 9.63 Å². The zero-order valence-corrected chi connectivity index (χ0v) is 13.0. The molecule has 2 heterocycles. The van der Waals surface area contributed by atoms with Gasteiger partial charge in [0.1, 0.15) is 5.82 Å². The summed E-state index contributed by atoms with van der Waals surface area (Å²) in [6.07, 6.45) is 0.464.